The number of rotatable bonds is 2. The highest BCUT2D eigenvalue weighted by atomic mass is 79.9. The monoisotopic (exact) mass is 346 g/mol. The van der Waals surface area contributed by atoms with Gasteiger partial charge in [0.25, 0.3) is 0 Å². The average Bonchev–Trinajstić information content (AvgIpc) is 2.30. The minimum atomic E-state index is -0.257. The van der Waals surface area contributed by atoms with Gasteiger partial charge >= 0.3 is 0 Å². The first-order valence-electron chi connectivity index (χ1n) is 5.33. The number of hydrogen-bond acceptors (Lipinski definition) is 0. The lowest BCUT2D eigenvalue weighted by molar-refractivity contribution is 0.624. The van der Waals surface area contributed by atoms with Crippen LogP contribution in [0.3, 0.4) is 0 Å². The molecule has 0 saturated heterocycles. The molecule has 0 heterocycles. The van der Waals surface area contributed by atoms with Crippen molar-refractivity contribution in [2.45, 2.75) is 11.8 Å². The second-order valence-corrected chi connectivity index (χ2v) is 5.85. The van der Waals surface area contributed by atoms with Gasteiger partial charge < -0.3 is 0 Å². The molecule has 0 N–H and O–H groups in total. The second-order valence-electron chi connectivity index (χ2n) is 4.09. The Morgan fingerprint density at radius 2 is 1.83 bits per heavy atom. The Hall–Kier alpha value is -0.570. The molecule has 0 bridgehead atoms. The number of benzene rings is 2. The van der Waals surface area contributed by atoms with Crippen LogP contribution in [0.5, 0.6) is 0 Å². The molecule has 0 spiro atoms. The molecular weight excluding hydrogens is 338 g/mol. The highest BCUT2D eigenvalue weighted by molar-refractivity contribution is 9.09. The number of alkyl halides is 1. The molecule has 2 aromatic rings. The Labute approximate surface area is 124 Å². The SMILES string of the molecule is Cc1cc(F)cc(C(Br)c2cc(Cl)ccc2Cl)c1. The molecule has 2 rings (SSSR count). The minimum absolute atomic E-state index is 0.182. The molecule has 4 heteroatoms. The van der Waals surface area contributed by atoms with Crippen molar-refractivity contribution in [3.63, 3.8) is 0 Å². The summed E-state index contributed by atoms with van der Waals surface area (Å²) in [7, 11) is 0. The van der Waals surface area contributed by atoms with Gasteiger partial charge in [-0.2, -0.15) is 0 Å². The lowest BCUT2D eigenvalue weighted by atomic mass is 10.0. The molecule has 0 amide bonds. The van der Waals surface area contributed by atoms with Gasteiger partial charge in [0.15, 0.2) is 0 Å². The zero-order valence-electron chi connectivity index (χ0n) is 9.55. The maximum atomic E-state index is 13.4. The molecular formula is C14H10BrCl2F. The van der Waals surface area contributed by atoms with Crippen LogP contribution in [0, 0.1) is 12.7 Å². The maximum absolute atomic E-state index is 13.4. The summed E-state index contributed by atoms with van der Waals surface area (Å²) >= 11 is 15.6. The summed E-state index contributed by atoms with van der Waals surface area (Å²) in [5.41, 5.74) is 2.51. The van der Waals surface area contributed by atoms with Crippen molar-refractivity contribution in [1.29, 1.82) is 0 Å². The molecule has 0 aliphatic heterocycles. The summed E-state index contributed by atoms with van der Waals surface area (Å²) in [5, 5.41) is 1.20. The van der Waals surface area contributed by atoms with Gasteiger partial charge in [0.05, 0.1) is 4.83 Å². The summed E-state index contributed by atoms with van der Waals surface area (Å²) < 4.78 is 13.4. The van der Waals surface area contributed by atoms with Crippen molar-refractivity contribution >= 4 is 39.1 Å². The van der Waals surface area contributed by atoms with Gasteiger partial charge in [-0.05, 0) is 53.9 Å². The molecule has 1 atom stereocenters. The largest absolute Gasteiger partial charge is 0.207 e. The Morgan fingerprint density at radius 1 is 1.11 bits per heavy atom. The van der Waals surface area contributed by atoms with Crippen LogP contribution in [0.15, 0.2) is 36.4 Å². The highest BCUT2D eigenvalue weighted by Crippen LogP contribution is 2.37. The number of aryl methyl sites for hydroxylation is 1. The molecule has 0 fully saturated rings. The van der Waals surface area contributed by atoms with E-state index in [2.05, 4.69) is 15.9 Å². The van der Waals surface area contributed by atoms with Crippen molar-refractivity contribution in [3.05, 3.63) is 69.0 Å². The van der Waals surface area contributed by atoms with Crippen LogP contribution in [0.4, 0.5) is 4.39 Å². The third kappa shape index (κ3) is 3.05. The Bertz CT molecular complexity index is 564. The minimum Gasteiger partial charge on any atom is -0.207 e. The van der Waals surface area contributed by atoms with Crippen LogP contribution >= 0.6 is 39.1 Å². The predicted molar refractivity (Wildman–Crippen MR) is 78.4 cm³/mol. The molecule has 94 valence electrons. The van der Waals surface area contributed by atoms with Crippen molar-refractivity contribution in [3.8, 4) is 0 Å². The van der Waals surface area contributed by atoms with E-state index in [1.54, 1.807) is 18.2 Å². The molecule has 0 radical (unpaired) electrons. The normalized spacial score (nSPS) is 12.5. The molecule has 0 aliphatic carbocycles. The molecule has 0 nitrogen and oxygen atoms in total. The first-order chi connectivity index (χ1) is 8.47. The lowest BCUT2D eigenvalue weighted by Gasteiger charge is -2.14. The van der Waals surface area contributed by atoms with E-state index < -0.39 is 0 Å². The van der Waals surface area contributed by atoms with E-state index in [1.807, 2.05) is 13.0 Å². The van der Waals surface area contributed by atoms with Gasteiger partial charge in [-0.25, -0.2) is 4.39 Å². The van der Waals surface area contributed by atoms with Gasteiger partial charge in [-0.15, -0.1) is 0 Å². The van der Waals surface area contributed by atoms with E-state index in [0.29, 0.717) is 10.0 Å². The van der Waals surface area contributed by atoms with Gasteiger partial charge in [0, 0.05) is 10.0 Å². The maximum Gasteiger partial charge on any atom is 0.123 e. The Balaban J connectivity index is 2.47. The molecule has 18 heavy (non-hydrogen) atoms. The van der Waals surface area contributed by atoms with Gasteiger partial charge in [-0.3, -0.25) is 0 Å². The summed E-state index contributed by atoms with van der Waals surface area (Å²) in [6, 6.07) is 10.1. The summed E-state index contributed by atoms with van der Waals surface area (Å²) in [6.07, 6.45) is 0. The van der Waals surface area contributed by atoms with Crippen molar-refractivity contribution < 1.29 is 4.39 Å². The fraction of sp³-hybridized carbons (Fsp3) is 0.143. The van der Waals surface area contributed by atoms with Crippen LogP contribution in [0.25, 0.3) is 0 Å². The van der Waals surface area contributed by atoms with E-state index in [1.165, 1.54) is 12.1 Å². The zero-order chi connectivity index (χ0) is 13.3. The van der Waals surface area contributed by atoms with Crippen molar-refractivity contribution in [2.75, 3.05) is 0 Å². The average molecular weight is 348 g/mol. The first kappa shape index (κ1) is 13.9. The quantitative estimate of drug-likeness (QED) is 0.591. The predicted octanol–water partition coefficient (Wildman–Crippen LogP) is 5.93. The van der Waals surface area contributed by atoms with E-state index in [-0.39, 0.29) is 10.6 Å². The summed E-state index contributed by atoms with van der Waals surface area (Å²) in [4.78, 5) is -0.182. The third-order valence-corrected chi connectivity index (χ3v) is 4.19. The van der Waals surface area contributed by atoms with Crippen LogP contribution in [0.2, 0.25) is 10.0 Å². The Kier molecular flexibility index (Phi) is 4.31. The molecule has 0 saturated carbocycles. The standard InChI is InChI=1S/C14H10BrCl2F/c1-8-4-9(6-11(18)5-8)14(15)12-7-10(16)2-3-13(12)17/h2-7,14H,1H3. The molecule has 1 unspecified atom stereocenters. The van der Waals surface area contributed by atoms with Crippen LogP contribution in [0.1, 0.15) is 21.5 Å². The van der Waals surface area contributed by atoms with E-state index in [9.17, 15) is 4.39 Å². The second kappa shape index (κ2) is 5.60. The van der Waals surface area contributed by atoms with Crippen LogP contribution in [-0.4, -0.2) is 0 Å². The molecule has 2 aromatic carbocycles. The fourth-order valence-electron chi connectivity index (χ4n) is 1.80. The van der Waals surface area contributed by atoms with Crippen molar-refractivity contribution in [2.24, 2.45) is 0 Å². The topological polar surface area (TPSA) is 0 Å². The van der Waals surface area contributed by atoms with E-state index in [0.717, 1.165) is 16.7 Å². The van der Waals surface area contributed by atoms with Crippen LogP contribution < -0.4 is 0 Å². The molecule has 0 aliphatic rings. The number of halogens is 4. The van der Waals surface area contributed by atoms with Crippen LogP contribution in [-0.2, 0) is 0 Å². The van der Waals surface area contributed by atoms with Crippen molar-refractivity contribution in [1.82, 2.24) is 0 Å². The van der Waals surface area contributed by atoms with E-state index in [4.69, 9.17) is 23.2 Å². The smallest absolute Gasteiger partial charge is 0.123 e. The summed E-state index contributed by atoms with van der Waals surface area (Å²) in [5.74, 6) is -0.257. The zero-order valence-corrected chi connectivity index (χ0v) is 12.7. The third-order valence-electron chi connectivity index (χ3n) is 2.59. The highest BCUT2D eigenvalue weighted by Gasteiger charge is 2.15. The van der Waals surface area contributed by atoms with E-state index >= 15 is 0 Å². The van der Waals surface area contributed by atoms with Gasteiger partial charge in [0.2, 0.25) is 0 Å². The summed E-state index contributed by atoms with van der Waals surface area (Å²) in [6.45, 7) is 1.85. The lowest BCUT2D eigenvalue weighted by Crippen LogP contribution is -1.96. The Morgan fingerprint density at radius 3 is 2.50 bits per heavy atom. The van der Waals surface area contributed by atoms with Gasteiger partial charge in [-0.1, -0.05) is 45.2 Å². The first-order valence-corrected chi connectivity index (χ1v) is 7.00. The fourth-order valence-corrected chi connectivity index (χ4v) is 2.98. The molecule has 0 aromatic heterocycles. The number of hydrogen-bond donors (Lipinski definition) is 0. The van der Waals surface area contributed by atoms with Gasteiger partial charge in [0.1, 0.15) is 5.82 Å².